The lowest BCUT2D eigenvalue weighted by Crippen LogP contribution is -2.36. The van der Waals surface area contributed by atoms with Crippen LogP contribution in [-0.4, -0.2) is 12.5 Å². The lowest BCUT2D eigenvalue weighted by molar-refractivity contribution is -0.147. The number of hydrogen-bond acceptors (Lipinski definition) is 4. The van der Waals surface area contributed by atoms with Crippen molar-refractivity contribution in [3.8, 4) is 5.75 Å². The Morgan fingerprint density at radius 3 is 2.29 bits per heavy atom. The van der Waals surface area contributed by atoms with E-state index < -0.39 is 6.04 Å². The minimum atomic E-state index is -0.435. The predicted molar refractivity (Wildman–Crippen MR) is 108 cm³/mol. The van der Waals surface area contributed by atoms with Crippen LogP contribution in [0.25, 0.3) is 0 Å². The molecule has 4 rings (SSSR count). The fourth-order valence-corrected chi connectivity index (χ4v) is 3.39. The number of rotatable bonds is 6. The molecule has 1 unspecified atom stereocenters. The molecule has 0 spiro atoms. The highest BCUT2D eigenvalue weighted by atomic mass is 16.5. The second-order valence-corrected chi connectivity index (χ2v) is 6.87. The van der Waals surface area contributed by atoms with Gasteiger partial charge in [-0.25, -0.2) is 4.79 Å². The highest BCUT2D eigenvalue weighted by Gasteiger charge is 2.27. The lowest BCUT2D eigenvalue weighted by atomic mass is 9.94. The third kappa shape index (κ3) is 4.41. The van der Waals surface area contributed by atoms with Gasteiger partial charge in [0.1, 0.15) is 25.0 Å². The molecule has 28 heavy (non-hydrogen) atoms. The van der Waals surface area contributed by atoms with E-state index in [1.165, 1.54) is 0 Å². The molecule has 0 bridgehead atoms. The largest absolute Gasteiger partial charge is 0.489 e. The van der Waals surface area contributed by atoms with Crippen molar-refractivity contribution in [1.82, 2.24) is 5.32 Å². The van der Waals surface area contributed by atoms with Gasteiger partial charge < -0.3 is 14.8 Å². The summed E-state index contributed by atoms with van der Waals surface area (Å²) in [4.78, 5) is 12.6. The number of nitrogens with one attached hydrogen (secondary N) is 1. The summed E-state index contributed by atoms with van der Waals surface area (Å²) in [6.07, 6.45) is 0.861. The number of carbonyl (C=O) groups excluding carboxylic acids is 1. The Balaban J connectivity index is 1.41. The van der Waals surface area contributed by atoms with Gasteiger partial charge in [0.05, 0.1) is 0 Å². The maximum atomic E-state index is 12.6. The van der Waals surface area contributed by atoms with Gasteiger partial charge in [-0.1, -0.05) is 66.7 Å². The van der Waals surface area contributed by atoms with Gasteiger partial charge in [-0.2, -0.15) is 0 Å². The molecular weight excluding hydrogens is 350 g/mol. The Bertz CT molecular complexity index is 925. The van der Waals surface area contributed by atoms with E-state index in [0.29, 0.717) is 6.61 Å². The third-order valence-corrected chi connectivity index (χ3v) is 4.88. The number of benzene rings is 3. The molecule has 1 aliphatic rings. The van der Waals surface area contributed by atoms with E-state index in [4.69, 9.17) is 9.47 Å². The van der Waals surface area contributed by atoms with Crippen molar-refractivity contribution in [2.24, 2.45) is 0 Å². The van der Waals surface area contributed by atoms with E-state index in [9.17, 15) is 4.79 Å². The summed E-state index contributed by atoms with van der Waals surface area (Å²) in [5.74, 6) is 0.573. The van der Waals surface area contributed by atoms with Crippen LogP contribution in [0.5, 0.6) is 5.75 Å². The van der Waals surface area contributed by atoms with Gasteiger partial charge >= 0.3 is 5.97 Å². The van der Waals surface area contributed by atoms with Crippen LogP contribution in [0.3, 0.4) is 0 Å². The fourth-order valence-electron chi connectivity index (χ4n) is 3.39. The molecule has 1 atom stereocenters. The average molecular weight is 373 g/mol. The van der Waals surface area contributed by atoms with E-state index in [1.807, 2.05) is 78.9 Å². The summed E-state index contributed by atoms with van der Waals surface area (Å²) in [5, 5.41) is 3.27. The van der Waals surface area contributed by atoms with Gasteiger partial charge in [0.25, 0.3) is 0 Å². The zero-order valence-electron chi connectivity index (χ0n) is 15.6. The molecule has 0 saturated heterocycles. The molecule has 3 aromatic carbocycles. The topological polar surface area (TPSA) is 47.6 Å². The molecule has 0 radical (unpaired) electrons. The Morgan fingerprint density at radius 2 is 1.57 bits per heavy atom. The standard InChI is InChI=1S/C24H23NO3/c26-24(28-17-19-9-5-2-6-10-19)23-22-12-11-21(15-20(22)13-14-25-23)27-16-18-7-3-1-4-8-18/h1-12,15,23,25H,13-14,16-17H2. The Labute approximate surface area is 165 Å². The van der Waals surface area contributed by atoms with Crippen LogP contribution in [0.1, 0.15) is 28.3 Å². The van der Waals surface area contributed by atoms with Crippen LogP contribution in [0.2, 0.25) is 0 Å². The molecule has 0 saturated carbocycles. The molecule has 0 aliphatic carbocycles. The summed E-state index contributed by atoms with van der Waals surface area (Å²) in [5.41, 5.74) is 4.21. The molecule has 3 aromatic rings. The number of hydrogen-bond donors (Lipinski definition) is 1. The molecule has 1 heterocycles. The van der Waals surface area contributed by atoms with Crippen LogP contribution in [0.15, 0.2) is 78.9 Å². The zero-order valence-corrected chi connectivity index (χ0v) is 15.6. The molecule has 4 nitrogen and oxygen atoms in total. The van der Waals surface area contributed by atoms with E-state index in [2.05, 4.69) is 5.32 Å². The normalized spacial score (nSPS) is 15.5. The number of esters is 1. The van der Waals surface area contributed by atoms with Gasteiger partial charge in [0, 0.05) is 6.54 Å². The number of fused-ring (bicyclic) bond motifs is 1. The second kappa shape index (κ2) is 8.72. The highest BCUT2D eigenvalue weighted by molar-refractivity contribution is 5.78. The molecule has 0 aromatic heterocycles. The van der Waals surface area contributed by atoms with Crippen molar-refractivity contribution < 1.29 is 14.3 Å². The van der Waals surface area contributed by atoms with Crippen molar-refractivity contribution in [2.75, 3.05) is 6.54 Å². The molecule has 1 aliphatic heterocycles. The Hall–Kier alpha value is -3.11. The number of ether oxygens (including phenoxy) is 2. The van der Waals surface area contributed by atoms with Crippen molar-refractivity contribution >= 4 is 5.97 Å². The molecular formula is C24H23NO3. The minimum Gasteiger partial charge on any atom is -0.489 e. The maximum Gasteiger partial charge on any atom is 0.328 e. The van der Waals surface area contributed by atoms with Crippen molar-refractivity contribution in [2.45, 2.75) is 25.7 Å². The quantitative estimate of drug-likeness (QED) is 0.658. The van der Waals surface area contributed by atoms with Crippen LogP contribution >= 0.6 is 0 Å². The molecule has 0 fully saturated rings. The summed E-state index contributed by atoms with van der Waals surface area (Å²) < 4.78 is 11.4. The van der Waals surface area contributed by atoms with E-state index in [0.717, 1.165) is 41.0 Å². The summed E-state index contributed by atoms with van der Waals surface area (Å²) in [6.45, 7) is 1.55. The van der Waals surface area contributed by atoms with Crippen LogP contribution in [-0.2, 0) is 29.2 Å². The van der Waals surface area contributed by atoms with E-state index >= 15 is 0 Å². The molecule has 4 heteroatoms. The zero-order chi connectivity index (χ0) is 19.2. The smallest absolute Gasteiger partial charge is 0.328 e. The van der Waals surface area contributed by atoms with Crippen LogP contribution in [0, 0.1) is 0 Å². The average Bonchev–Trinajstić information content (AvgIpc) is 2.77. The second-order valence-electron chi connectivity index (χ2n) is 6.87. The van der Waals surface area contributed by atoms with E-state index in [1.54, 1.807) is 0 Å². The Kier molecular flexibility index (Phi) is 5.69. The van der Waals surface area contributed by atoms with Crippen molar-refractivity contribution in [3.05, 3.63) is 101 Å². The monoisotopic (exact) mass is 373 g/mol. The molecule has 0 amide bonds. The summed E-state index contributed by atoms with van der Waals surface area (Å²) >= 11 is 0. The summed E-state index contributed by atoms with van der Waals surface area (Å²) in [7, 11) is 0. The summed E-state index contributed by atoms with van der Waals surface area (Å²) in [6, 6.07) is 25.3. The predicted octanol–water partition coefficient (Wildman–Crippen LogP) is 4.20. The third-order valence-electron chi connectivity index (χ3n) is 4.88. The SMILES string of the molecule is O=C(OCc1ccccc1)C1NCCc2cc(OCc3ccccc3)ccc21. The first-order chi connectivity index (χ1) is 13.8. The maximum absolute atomic E-state index is 12.6. The first-order valence-electron chi connectivity index (χ1n) is 9.53. The van der Waals surface area contributed by atoms with Gasteiger partial charge in [0.2, 0.25) is 0 Å². The van der Waals surface area contributed by atoms with Gasteiger partial charge in [-0.3, -0.25) is 0 Å². The van der Waals surface area contributed by atoms with E-state index in [-0.39, 0.29) is 12.6 Å². The highest BCUT2D eigenvalue weighted by Crippen LogP contribution is 2.28. The van der Waals surface area contributed by atoms with Crippen molar-refractivity contribution in [3.63, 3.8) is 0 Å². The molecule has 142 valence electrons. The molecule has 1 N–H and O–H groups in total. The fraction of sp³-hybridized carbons (Fsp3) is 0.208. The Morgan fingerprint density at radius 1 is 0.893 bits per heavy atom. The van der Waals surface area contributed by atoms with Gasteiger partial charge in [0.15, 0.2) is 0 Å². The van der Waals surface area contributed by atoms with Gasteiger partial charge in [-0.05, 0) is 40.8 Å². The lowest BCUT2D eigenvalue weighted by Gasteiger charge is -2.26. The van der Waals surface area contributed by atoms with Crippen LogP contribution < -0.4 is 10.1 Å². The van der Waals surface area contributed by atoms with Crippen LogP contribution in [0.4, 0.5) is 0 Å². The van der Waals surface area contributed by atoms with Gasteiger partial charge in [-0.15, -0.1) is 0 Å². The van der Waals surface area contributed by atoms with Crippen molar-refractivity contribution in [1.29, 1.82) is 0 Å². The first kappa shape index (κ1) is 18.3. The minimum absolute atomic E-state index is 0.247. The number of carbonyl (C=O) groups is 1. The first-order valence-corrected chi connectivity index (χ1v) is 9.53.